The predicted molar refractivity (Wildman–Crippen MR) is 46.4 cm³/mol. The summed E-state index contributed by atoms with van der Waals surface area (Å²) in [6.07, 6.45) is 0. The Balaban J connectivity index is 0.000000292. The van der Waals surface area contributed by atoms with Crippen molar-refractivity contribution in [2.24, 2.45) is 0 Å². The van der Waals surface area contributed by atoms with Gasteiger partial charge in [0.2, 0.25) is 5.39 Å². The van der Waals surface area contributed by atoms with Crippen LogP contribution in [-0.4, -0.2) is 7.25 Å². The third kappa shape index (κ3) is 8.81. The van der Waals surface area contributed by atoms with Crippen molar-refractivity contribution in [3.63, 3.8) is 0 Å². The summed E-state index contributed by atoms with van der Waals surface area (Å²) in [7, 11) is -6.00. The maximum atomic E-state index is 9.75. The standard InChI is InChI=1S/C6H4ClN2.BF4/c7-5-2-1-3-6(4-5)9-8;2-1(3,4)5/h1-4H;/q+1;-1. The molecule has 14 heavy (non-hydrogen) atoms. The van der Waals surface area contributed by atoms with Crippen LogP contribution in [0.2, 0.25) is 5.02 Å². The summed E-state index contributed by atoms with van der Waals surface area (Å²) in [6.45, 7) is 0. The molecule has 0 aliphatic rings. The summed E-state index contributed by atoms with van der Waals surface area (Å²) < 4.78 is 39.0. The molecule has 0 saturated heterocycles. The van der Waals surface area contributed by atoms with Gasteiger partial charge in [-0.1, -0.05) is 17.7 Å². The van der Waals surface area contributed by atoms with E-state index in [9.17, 15) is 17.3 Å². The van der Waals surface area contributed by atoms with Crippen LogP contribution in [0, 0.1) is 5.39 Å². The summed E-state index contributed by atoms with van der Waals surface area (Å²) in [6, 6.07) is 6.67. The number of hydrogen-bond donors (Lipinski definition) is 0. The first-order valence-electron chi connectivity index (χ1n) is 3.31. The Bertz CT molecular complexity index is 329. The zero-order valence-electron chi connectivity index (χ0n) is 6.67. The minimum Gasteiger partial charge on any atom is -0.418 e. The Morgan fingerprint density at radius 1 is 1.21 bits per heavy atom. The molecule has 2 nitrogen and oxygen atoms in total. The fourth-order valence-corrected chi connectivity index (χ4v) is 0.723. The van der Waals surface area contributed by atoms with E-state index in [-0.39, 0.29) is 0 Å². The van der Waals surface area contributed by atoms with Crippen molar-refractivity contribution in [1.82, 2.24) is 0 Å². The fraction of sp³-hybridized carbons (Fsp3) is 0. The van der Waals surface area contributed by atoms with Gasteiger partial charge in [0.25, 0.3) is 0 Å². The van der Waals surface area contributed by atoms with Gasteiger partial charge in [0.05, 0.1) is 6.07 Å². The van der Waals surface area contributed by atoms with Crippen LogP contribution in [0.4, 0.5) is 23.0 Å². The van der Waals surface area contributed by atoms with Crippen LogP contribution in [0.25, 0.3) is 4.98 Å². The second-order valence-corrected chi connectivity index (χ2v) is 2.51. The van der Waals surface area contributed by atoms with Crippen LogP contribution in [0.15, 0.2) is 24.3 Å². The first kappa shape index (κ1) is 12.7. The van der Waals surface area contributed by atoms with Crippen LogP contribution < -0.4 is 0 Å². The number of hydrogen-bond acceptors (Lipinski definition) is 1. The minimum absolute atomic E-state index is 0.475. The lowest BCUT2D eigenvalue weighted by Gasteiger charge is -1.94. The predicted octanol–water partition coefficient (Wildman–Crippen LogP) is 4.12. The average molecular weight is 226 g/mol. The Labute approximate surface area is 82.2 Å². The molecule has 0 radical (unpaired) electrons. The van der Waals surface area contributed by atoms with E-state index in [2.05, 4.69) is 4.98 Å². The lowest BCUT2D eigenvalue weighted by atomic mass is 10.3. The Morgan fingerprint density at radius 3 is 2.00 bits per heavy atom. The second-order valence-electron chi connectivity index (χ2n) is 2.07. The summed E-state index contributed by atoms with van der Waals surface area (Å²) in [4.78, 5) is 2.95. The Kier molecular flexibility index (Phi) is 4.95. The maximum Gasteiger partial charge on any atom is 0.673 e. The van der Waals surface area contributed by atoms with Gasteiger partial charge in [-0.25, -0.2) is 0 Å². The average Bonchev–Trinajstić information content (AvgIpc) is 2.01. The number of halogens is 5. The molecule has 0 fully saturated rings. The van der Waals surface area contributed by atoms with E-state index in [4.69, 9.17) is 17.0 Å². The van der Waals surface area contributed by atoms with Gasteiger partial charge in [0.1, 0.15) is 0 Å². The summed E-state index contributed by atoms with van der Waals surface area (Å²) in [5.74, 6) is 0. The molecule has 1 aromatic carbocycles. The second kappa shape index (κ2) is 5.45. The third-order valence-electron chi connectivity index (χ3n) is 0.924. The molecule has 0 aliphatic heterocycles. The molecule has 1 aromatic rings. The third-order valence-corrected chi connectivity index (χ3v) is 1.16. The highest BCUT2D eigenvalue weighted by atomic mass is 35.5. The Hall–Kier alpha value is -1.29. The number of rotatable bonds is 0. The number of benzene rings is 1. The van der Waals surface area contributed by atoms with Crippen LogP contribution in [0.5, 0.6) is 0 Å². The maximum absolute atomic E-state index is 9.75. The highest BCUT2D eigenvalue weighted by Gasteiger charge is 2.20. The molecule has 0 saturated carbocycles. The lowest BCUT2D eigenvalue weighted by molar-refractivity contribution is 0.368. The van der Waals surface area contributed by atoms with Crippen molar-refractivity contribution in [2.75, 3.05) is 0 Å². The topological polar surface area (TPSA) is 28.1 Å². The number of diazo groups is 1. The molecule has 0 aromatic heterocycles. The molecule has 8 heteroatoms. The zero-order chi connectivity index (χ0) is 11.2. The Morgan fingerprint density at radius 2 is 1.71 bits per heavy atom. The van der Waals surface area contributed by atoms with E-state index >= 15 is 0 Å². The minimum atomic E-state index is -6.00. The quantitative estimate of drug-likeness (QED) is 0.371. The van der Waals surface area contributed by atoms with Gasteiger partial charge in [-0.3, -0.25) is 0 Å². The number of nitrogens with zero attached hydrogens (tertiary/aromatic N) is 2. The zero-order valence-corrected chi connectivity index (χ0v) is 7.43. The molecule has 0 unspecified atom stereocenters. The first-order chi connectivity index (χ1) is 6.33. The van der Waals surface area contributed by atoms with Gasteiger partial charge in [-0.2, -0.15) is 0 Å². The van der Waals surface area contributed by atoms with Crippen molar-refractivity contribution >= 4 is 24.5 Å². The molecule has 0 atom stereocenters. The van der Waals surface area contributed by atoms with Gasteiger partial charge in [-0.15, -0.1) is 0 Å². The smallest absolute Gasteiger partial charge is 0.418 e. The molecule has 0 spiro atoms. The molecule has 0 heterocycles. The van der Waals surface area contributed by atoms with Gasteiger partial charge in [-0.05, 0) is 6.07 Å². The van der Waals surface area contributed by atoms with E-state index in [1.807, 2.05) is 0 Å². The van der Waals surface area contributed by atoms with Gasteiger partial charge in [0, 0.05) is 11.1 Å². The van der Waals surface area contributed by atoms with Crippen molar-refractivity contribution in [3.8, 4) is 0 Å². The van der Waals surface area contributed by atoms with Crippen molar-refractivity contribution < 1.29 is 17.3 Å². The van der Waals surface area contributed by atoms with E-state index in [1.54, 1.807) is 24.3 Å². The molecular formula is C6H4BClF4N2. The van der Waals surface area contributed by atoms with E-state index in [0.29, 0.717) is 10.7 Å². The van der Waals surface area contributed by atoms with E-state index in [1.165, 1.54) is 0 Å². The van der Waals surface area contributed by atoms with Gasteiger partial charge >= 0.3 is 12.9 Å². The molecule has 1 rings (SSSR count). The van der Waals surface area contributed by atoms with Crippen molar-refractivity contribution in [1.29, 1.82) is 5.39 Å². The molecule has 0 bridgehead atoms. The van der Waals surface area contributed by atoms with E-state index in [0.717, 1.165) is 0 Å². The van der Waals surface area contributed by atoms with Crippen LogP contribution in [0.1, 0.15) is 0 Å². The highest BCUT2D eigenvalue weighted by Crippen LogP contribution is 2.16. The summed E-state index contributed by atoms with van der Waals surface area (Å²) in [5, 5.41) is 8.80. The fourth-order valence-electron chi connectivity index (χ4n) is 0.538. The normalized spacial score (nSPS) is 9.71. The summed E-state index contributed by atoms with van der Waals surface area (Å²) >= 11 is 5.55. The van der Waals surface area contributed by atoms with Gasteiger partial charge in [0.15, 0.2) is 4.98 Å². The molecular weight excluding hydrogens is 222 g/mol. The SMILES string of the molecule is F[B-](F)(F)F.N#[N+]c1cccc(Cl)c1. The van der Waals surface area contributed by atoms with Crippen LogP contribution in [0.3, 0.4) is 0 Å². The monoisotopic (exact) mass is 226 g/mol. The highest BCUT2D eigenvalue weighted by molar-refractivity contribution is 6.50. The largest absolute Gasteiger partial charge is 0.673 e. The van der Waals surface area contributed by atoms with Gasteiger partial charge < -0.3 is 17.3 Å². The molecule has 76 valence electrons. The van der Waals surface area contributed by atoms with Crippen LogP contribution in [-0.2, 0) is 0 Å². The van der Waals surface area contributed by atoms with Crippen molar-refractivity contribution in [2.45, 2.75) is 0 Å². The molecule has 0 amide bonds. The van der Waals surface area contributed by atoms with Crippen molar-refractivity contribution in [3.05, 3.63) is 34.3 Å². The molecule has 0 N–H and O–H groups in total. The first-order valence-corrected chi connectivity index (χ1v) is 3.68. The summed E-state index contributed by atoms with van der Waals surface area (Å²) in [5.41, 5.74) is 0.475. The molecule has 0 aliphatic carbocycles. The van der Waals surface area contributed by atoms with E-state index < -0.39 is 7.25 Å². The van der Waals surface area contributed by atoms with Crippen LogP contribution >= 0.6 is 11.6 Å². The lowest BCUT2D eigenvalue weighted by Crippen LogP contribution is -2.02.